The minimum Gasteiger partial charge on any atom is -0.356 e. The van der Waals surface area contributed by atoms with E-state index in [2.05, 4.69) is 16.0 Å². The summed E-state index contributed by atoms with van der Waals surface area (Å²) in [5, 5.41) is 8.84. The lowest BCUT2D eigenvalue weighted by Crippen LogP contribution is -2.48. The van der Waals surface area contributed by atoms with Gasteiger partial charge < -0.3 is 9.80 Å². The van der Waals surface area contributed by atoms with Crippen LogP contribution in [0.15, 0.2) is 18.3 Å². The number of aromatic nitrogens is 1. The Kier molecular flexibility index (Phi) is 3.60. The molecule has 7 nitrogen and oxygen atoms in total. The SMILES string of the molecule is N#Cc1ccc(N2CCC(N3C(=O)[C@@H]4CCCN4C3=O)CC2)nc1. The van der Waals surface area contributed by atoms with Crippen LogP contribution in [0.5, 0.6) is 0 Å². The van der Waals surface area contributed by atoms with Crippen LogP contribution in [0, 0.1) is 11.3 Å². The summed E-state index contributed by atoms with van der Waals surface area (Å²) >= 11 is 0. The molecule has 3 saturated heterocycles. The number of fused-ring (bicyclic) bond motifs is 1. The van der Waals surface area contributed by atoms with Gasteiger partial charge in [0, 0.05) is 31.9 Å². The molecule has 3 aliphatic heterocycles. The Morgan fingerprint density at radius 2 is 1.92 bits per heavy atom. The van der Waals surface area contributed by atoms with Crippen LogP contribution in [0.3, 0.4) is 0 Å². The second kappa shape index (κ2) is 5.78. The number of carbonyl (C=O) groups excluding carboxylic acids is 2. The van der Waals surface area contributed by atoms with Gasteiger partial charge in [-0.1, -0.05) is 0 Å². The Hall–Kier alpha value is -2.62. The van der Waals surface area contributed by atoms with Gasteiger partial charge in [0.1, 0.15) is 17.9 Å². The Morgan fingerprint density at radius 3 is 2.54 bits per heavy atom. The van der Waals surface area contributed by atoms with E-state index in [0.29, 0.717) is 12.1 Å². The number of hydrogen-bond acceptors (Lipinski definition) is 5. The maximum Gasteiger partial charge on any atom is 0.327 e. The van der Waals surface area contributed by atoms with Crippen LogP contribution in [0.25, 0.3) is 0 Å². The largest absolute Gasteiger partial charge is 0.356 e. The molecule has 3 aliphatic rings. The summed E-state index contributed by atoms with van der Waals surface area (Å²) in [7, 11) is 0. The minimum atomic E-state index is -0.212. The van der Waals surface area contributed by atoms with Gasteiger partial charge in [0.05, 0.1) is 5.56 Å². The van der Waals surface area contributed by atoms with E-state index < -0.39 is 0 Å². The molecule has 4 rings (SSSR count). The molecule has 0 bridgehead atoms. The van der Waals surface area contributed by atoms with Gasteiger partial charge in [0.15, 0.2) is 0 Å². The summed E-state index contributed by atoms with van der Waals surface area (Å²) in [6, 6.07) is 5.35. The highest BCUT2D eigenvalue weighted by molar-refractivity contribution is 6.04. The van der Waals surface area contributed by atoms with Crippen LogP contribution in [0.1, 0.15) is 31.2 Å². The summed E-state index contributed by atoms with van der Waals surface area (Å²) in [4.78, 5) is 34.7. The highest BCUT2D eigenvalue weighted by Gasteiger charge is 2.50. The Balaban J connectivity index is 1.42. The summed E-state index contributed by atoms with van der Waals surface area (Å²) in [6.45, 7) is 2.22. The van der Waals surface area contributed by atoms with E-state index in [-0.39, 0.29) is 24.0 Å². The first kappa shape index (κ1) is 14.9. The van der Waals surface area contributed by atoms with Gasteiger partial charge in [-0.2, -0.15) is 5.26 Å². The van der Waals surface area contributed by atoms with Crippen molar-refractivity contribution in [2.45, 2.75) is 37.8 Å². The number of urea groups is 1. The van der Waals surface area contributed by atoms with Crippen molar-refractivity contribution in [2.24, 2.45) is 0 Å². The minimum absolute atomic E-state index is 0.00699. The van der Waals surface area contributed by atoms with Crippen molar-refractivity contribution in [1.82, 2.24) is 14.8 Å². The van der Waals surface area contributed by atoms with Gasteiger partial charge in [-0.3, -0.25) is 9.69 Å². The lowest BCUT2D eigenvalue weighted by atomic mass is 10.0. The number of nitriles is 1. The maximum atomic E-state index is 12.5. The predicted molar refractivity (Wildman–Crippen MR) is 86.2 cm³/mol. The summed E-state index contributed by atoms with van der Waals surface area (Å²) in [5.74, 6) is 0.833. The number of carbonyl (C=O) groups is 2. The fourth-order valence-corrected chi connectivity index (χ4v) is 3.97. The average molecular weight is 325 g/mol. The fourth-order valence-electron chi connectivity index (χ4n) is 3.97. The van der Waals surface area contributed by atoms with Crippen molar-refractivity contribution in [2.75, 3.05) is 24.5 Å². The topological polar surface area (TPSA) is 80.5 Å². The van der Waals surface area contributed by atoms with Gasteiger partial charge in [0.25, 0.3) is 5.91 Å². The van der Waals surface area contributed by atoms with Crippen molar-refractivity contribution in [3.05, 3.63) is 23.9 Å². The van der Waals surface area contributed by atoms with E-state index in [1.807, 2.05) is 6.07 Å². The van der Waals surface area contributed by atoms with Gasteiger partial charge >= 0.3 is 6.03 Å². The van der Waals surface area contributed by atoms with Crippen LogP contribution in [-0.4, -0.2) is 58.4 Å². The molecule has 0 spiro atoms. The molecule has 0 aliphatic carbocycles. The second-order valence-corrected chi connectivity index (χ2v) is 6.58. The average Bonchev–Trinajstić information content (AvgIpc) is 3.20. The van der Waals surface area contributed by atoms with Crippen molar-refractivity contribution < 1.29 is 9.59 Å². The Labute approximate surface area is 140 Å². The van der Waals surface area contributed by atoms with E-state index in [0.717, 1.165) is 44.6 Å². The Bertz CT molecular complexity index is 681. The third-order valence-corrected chi connectivity index (χ3v) is 5.26. The third kappa shape index (κ3) is 2.30. The van der Waals surface area contributed by atoms with E-state index in [1.165, 1.54) is 4.90 Å². The number of hydrogen-bond donors (Lipinski definition) is 0. The molecule has 3 fully saturated rings. The number of nitrogens with zero attached hydrogens (tertiary/aromatic N) is 5. The van der Waals surface area contributed by atoms with E-state index in [4.69, 9.17) is 5.26 Å². The summed E-state index contributed by atoms with van der Waals surface area (Å²) in [6.07, 6.45) is 4.83. The molecule has 0 radical (unpaired) electrons. The number of amides is 3. The number of rotatable bonds is 2. The smallest absolute Gasteiger partial charge is 0.327 e. The number of piperidine rings is 1. The maximum absolute atomic E-state index is 12.5. The van der Waals surface area contributed by atoms with E-state index in [9.17, 15) is 9.59 Å². The quantitative estimate of drug-likeness (QED) is 0.767. The van der Waals surface area contributed by atoms with Crippen molar-refractivity contribution >= 4 is 17.8 Å². The molecule has 1 aromatic heterocycles. The highest BCUT2D eigenvalue weighted by Crippen LogP contribution is 2.31. The Morgan fingerprint density at radius 1 is 1.12 bits per heavy atom. The second-order valence-electron chi connectivity index (χ2n) is 6.58. The fraction of sp³-hybridized carbons (Fsp3) is 0.529. The molecule has 4 heterocycles. The zero-order chi connectivity index (χ0) is 16.7. The molecule has 1 aromatic rings. The molecule has 0 N–H and O–H groups in total. The van der Waals surface area contributed by atoms with Crippen molar-refractivity contribution in [1.29, 1.82) is 5.26 Å². The number of imide groups is 1. The normalized spacial score (nSPS) is 24.5. The van der Waals surface area contributed by atoms with E-state index in [1.54, 1.807) is 17.2 Å². The molecule has 24 heavy (non-hydrogen) atoms. The first-order valence-corrected chi connectivity index (χ1v) is 8.44. The molecule has 1 atom stereocenters. The van der Waals surface area contributed by atoms with Gasteiger partial charge in [-0.05, 0) is 37.8 Å². The van der Waals surface area contributed by atoms with Gasteiger partial charge in [-0.15, -0.1) is 0 Å². The molecular formula is C17H19N5O2. The first-order valence-electron chi connectivity index (χ1n) is 8.44. The van der Waals surface area contributed by atoms with E-state index >= 15 is 0 Å². The zero-order valence-electron chi connectivity index (χ0n) is 13.4. The van der Waals surface area contributed by atoms with Crippen LogP contribution in [-0.2, 0) is 4.79 Å². The highest BCUT2D eigenvalue weighted by atomic mass is 16.2. The van der Waals surface area contributed by atoms with Crippen LogP contribution >= 0.6 is 0 Å². The molecule has 7 heteroatoms. The van der Waals surface area contributed by atoms with Crippen LogP contribution in [0.2, 0.25) is 0 Å². The predicted octanol–water partition coefficient (Wildman–Crippen LogP) is 1.35. The molecule has 0 aromatic carbocycles. The number of pyridine rings is 1. The van der Waals surface area contributed by atoms with Gasteiger partial charge in [-0.25, -0.2) is 9.78 Å². The molecule has 124 valence electrons. The standard InChI is InChI=1S/C17H19N5O2/c18-10-12-3-4-15(19-11-12)20-8-5-13(6-9-20)22-16(23)14-2-1-7-21(14)17(22)24/h3-4,11,13-14H,1-2,5-9H2/t14-/m0/s1. The zero-order valence-corrected chi connectivity index (χ0v) is 13.4. The molecule has 0 saturated carbocycles. The first-order chi connectivity index (χ1) is 11.7. The van der Waals surface area contributed by atoms with Crippen molar-refractivity contribution in [3.8, 4) is 6.07 Å². The molecule has 3 amide bonds. The molecule has 0 unspecified atom stereocenters. The lowest BCUT2D eigenvalue weighted by Gasteiger charge is -2.36. The summed E-state index contributed by atoms with van der Waals surface area (Å²) in [5.41, 5.74) is 0.544. The number of anilines is 1. The third-order valence-electron chi connectivity index (χ3n) is 5.26. The monoisotopic (exact) mass is 325 g/mol. The van der Waals surface area contributed by atoms with Crippen LogP contribution in [0.4, 0.5) is 10.6 Å². The molecular weight excluding hydrogens is 306 g/mol. The van der Waals surface area contributed by atoms with Gasteiger partial charge in [0.2, 0.25) is 0 Å². The lowest BCUT2D eigenvalue weighted by molar-refractivity contribution is -0.129. The van der Waals surface area contributed by atoms with Crippen LogP contribution < -0.4 is 4.90 Å². The van der Waals surface area contributed by atoms with Crippen molar-refractivity contribution in [3.63, 3.8) is 0 Å². The summed E-state index contributed by atoms with van der Waals surface area (Å²) < 4.78 is 0.